The van der Waals surface area contributed by atoms with Crippen LogP contribution in [0.25, 0.3) is 0 Å². The van der Waals surface area contributed by atoms with Crippen LogP contribution in [-0.2, 0) is 17.6 Å². The normalized spacial score (nSPS) is 14.5. The molecule has 0 aliphatic carbocycles. The number of benzene rings is 1. The van der Waals surface area contributed by atoms with Gasteiger partial charge in [0.15, 0.2) is 0 Å². The van der Waals surface area contributed by atoms with Crippen molar-refractivity contribution < 1.29 is 9.59 Å². The van der Waals surface area contributed by atoms with Gasteiger partial charge in [-0.2, -0.15) is 0 Å². The maximum absolute atomic E-state index is 12.4. The van der Waals surface area contributed by atoms with E-state index in [4.69, 9.17) is 0 Å². The molecule has 3 amide bonds. The molecule has 1 aliphatic heterocycles. The second-order valence-corrected chi connectivity index (χ2v) is 6.49. The maximum atomic E-state index is 12.4. The Balaban J connectivity index is 1.77. The molecular weight excluding hydrogens is 314 g/mol. The standard InChI is InChI=1S/C20H31N3O2/c1-4-17-7-9-18(10-8-17)11-12-19(24)22-13-15-23(16-14-22)20(25)21(5-2)6-3/h7-10H,4-6,11-16H2,1-3H3. The Morgan fingerprint density at radius 3 is 1.92 bits per heavy atom. The van der Waals surface area contributed by atoms with Gasteiger partial charge >= 0.3 is 6.03 Å². The predicted molar refractivity (Wildman–Crippen MR) is 101 cm³/mol. The van der Waals surface area contributed by atoms with Gasteiger partial charge in [0.25, 0.3) is 0 Å². The van der Waals surface area contributed by atoms with E-state index in [0.717, 1.165) is 25.9 Å². The first-order valence-corrected chi connectivity index (χ1v) is 9.48. The summed E-state index contributed by atoms with van der Waals surface area (Å²) < 4.78 is 0. The SMILES string of the molecule is CCc1ccc(CCC(=O)N2CCN(C(=O)N(CC)CC)CC2)cc1. The molecule has 1 aromatic rings. The van der Waals surface area contributed by atoms with Crippen LogP contribution in [0.4, 0.5) is 4.79 Å². The van der Waals surface area contributed by atoms with Crippen LogP contribution in [0.3, 0.4) is 0 Å². The second kappa shape index (κ2) is 9.44. The molecule has 2 rings (SSSR count). The smallest absolute Gasteiger partial charge is 0.320 e. The van der Waals surface area contributed by atoms with Crippen LogP contribution in [0.1, 0.15) is 38.3 Å². The molecule has 0 spiro atoms. The van der Waals surface area contributed by atoms with Crippen molar-refractivity contribution in [3.05, 3.63) is 35.4 Å². The molecule has 138 valence electrons. The van der Waals surface area contributed by atoms with Gasteiger partial charge in [0, 0.05) is 45.7 Å². The summed E-state index contributed by atoms with van der Waals surface area (Å²) in [5, 5.41) is 0. The average molecular weight is 345 g/mol. The molecule has 1 aromatic carbocycles. The Hall–Kier alpha value is -2.04. The third-order valence-electron chi connectivity index (χ3n) is 5.00. The van der Waals surface area contributed by atoms with Gasteiger partial charge < -0.3 is 14.7 Å². The summed E-state index contributed by atoms with van der Waals surface area (Å²) in [6.45, 7) is 10.1. The number of hydrogen-bond donors (Lipinski definition) is 0. The highest BCUT2D eigenvalue weighted by Gasteiger charge is 2.25. The van der Waals surface area contributed by atoms with Crippen molar-refractivity contribution >= 4 is 11.9 Å². The molecule has 5 nitrogen and oxygen atoms in total. The maximum Gasteiger partial charge on any atom is 0.320 e. The lowest BCUT2D eigenvalue weighted by Gasteiger charge is -2.37. The molecule has 1 heterocycles. The van der Waals surface area contributed by atoms with Crippen molar-refractivity contribution in [3.8, 4) is 0 Å². The first-order chi connectivity index (χ1) is 12.1. The number of rotatable bonds is 6. The fraction of sp³-hybridized carbons (Fsp3) is 0.600. The van der Waals surface area contributed by atoms with Crippen LogP contribution in [0.2, 0.25) is 0 Å². The number of nitrogens with zero attached hydrogens (tertiary/aromatic N) is 3. The van der Waals surface area contributed by atoms with Crippen LogP contribution in [-0.4, -0.2) is 65.9 Å². The van der Waals surface area contributed by atoms with Gasteiger partial charge in [-0.1, -0.05) is 31.2 Å². The zero-order valence-corrected chi connectivity index (χ0v) is 15.8. The van der Waals surface area contributed by atoms with Crippen LogP contribution in [0.15, 0.2) is 24.3 Å². The topological polar surface area (TPSA) is 43.9 Å². The van der Waals surface area contributed by atoms with Crippen molar-refractivity contribution in [2.45, 2.75) is 40.0 Å². The summed E-state index contributed by atoms with van der Waals surface area (Å²) in [4.78, 5) is 30.4. The number of urea groups is 1. The second-order valence-electron chi connectivity index (χ2n) is 6.49. The minimum Gasteiger partial charge on any atom is -0.339 e. The molecular formula is C20H31N3O2. The van der Waals surface area contributed by atoms with E-state index in [0.29, 0.717) is 32.6 Å². The van der Waals surface area contributed by atoms with Gasteiger partial charge in [0.2, 0.25) is 5.91 Å². The minimum absolute atomic E-state index is 0.0908. The molecule has 0 N–H and O–H groups in total. The number of carbonyl (C=O) groups is 2. The minimum atomic E-state index is 0.0908. The highest BCUT2D eigenvalue weighted by atomic mass is 16.2. The number of aryl methyl sites for hydroxylation is 2. The Labute approximate surface area is 151 Å². The Morgan fingerprint density at radius 2 is 1.40 bits per heavy atom. The highest BCUT2D eigenvalue weighted by molar-refractivity contribution is 5.78. The number of carbonyl (C=O) groups excluding carboxylic acids is 2. The third kappa shape index (κ3) is 5.21. The summed E-state index contributed by atoms with van der Waals surface area (Å²) in [5.74, 6) is 0.189. The first-order valence-electron chi connectivity index (χ1n) is 9.48. The molecule has 0 aromatic heterocycles. The average Bonchev–Trinajstić information content (AvgIpc) is 2.67. The fourth-order valence-corrected chi connectivity index (χ4v) is 3.19. The number of amides is 3. The highest BCUT2D eigenvalue weighted by Crippen LogP contribution is 2.11. The van der Waals surface area contributed by atoms with Gasteiger partial charge in [-0.05, 0) is 37.8 Å². The Bertz CT molecular complexity index is 559. The van der Waals surface area contributed by atoms with Crippen LogP contribution in [0, 0.1) is 0 Å². The van der Waals surface area contributed by atoms with E-state index in [9.17, 15) is 9.59 Å². The van der Waals surface area contributed by atoms with E-state index >= 15 is 0 Å². The van der Waals surface area contributed by atoms with E-state index in [2.05, 4.69) is 31.2 Å². The van der Waals surface area contributed by atoms with Crippen molar-refractivity contribution in [2.24, 2.45) is 0 Å². The van der Waals surface area contributed by atoms with Gasteiger partial charge in [-0.15, -0.1) is 0 Å². The molecule has 0 bridgehead atoms. The monoisotopic (exact) mass is 345 g/mol. The fourth-order valence-electron chi connectivity index (χ4n) is 3.19. The number of hydrogen-bond acceptors (Lipinski definition) is 2. The summed E-state index contributed by atoms with van der Waals surface area (Å²) in [5.41, 5.74) is 2.53. The van der Waals surface area contributed by atoms with E-state index in [1.54, 1.807) is 0 Å². The summed E-state index contributed by atoms with van der Waals surface area (Å²) >= 11 is 0. The van der Waals surface area contributed by atoms with Gasteiger partial charge in [-0.25, -0.2) is 4.79 Å². The van der Waals surface area contributed by atoms with Crippen LogP contribution in [0.5, 0.6) is 0 Å². The van der Waals surface area contributed by atoms with Crippen molar-refractivity contribution in [3.63, 3.8) is 0 Å². The molecule has 0 saturated carbocycles. The third-order valence-corrected chi connectivity index (χ3v) is 5.00. The van der Waals surface area contributed by atoms with Gasteiger partial charge in [0.1, 0.15) is 0 Å². The van der Waals surface area contributed by atoms with Crippen molar-refractivity contribution in [2.75, 3.05) is 39.3 Å². The quantitative estimate of drug-likeness (QED) is 0.796. The molecule has 0 unspecified atom stereocenters. The molecule has 1 saturated heterocycles. The zero-order chi connectivity index (χ0) is 18.2. The van der Waals surface area contributed by atoms with E-state index in [-0.39, 0.29) is 11.9 Å². The van der Waals surface area contributed by atoms with E-state index in [1.165, 1.54) is 11.1 Å². The summed E-state index contributed by atoms with van der Waals surface area (Å²) in [6, 6.07) is 8.60. The summed E-state index contributed by atoms with van der Waals surface area (Å²) in [7, 11) is 0. The lowest BCUT2D eigenvalue weighted by Crippen LogP contribution is -2.54. The lowest BCUT2D eigenvalue weighted by molar-refractivity contribution is -0.132. The van der Waals surface area contributed by atoms with Crippen molar-refractivity contribution in [1.82, 2.24) is 14.7 Å². The largest absolute Gasteiger partial charge is 0.339 e. The van der Waals surface area contributed by atoms with Crippen LogP contribution >= 0.6 is 0 Å². The molecule has 1 fully saturated rings. The molecule has 0 atom stereocenters. The van der Waals surface area contributed by atoms with E-state index in [1.807, 2.05) is 28.5 Å². The first kappa shape index (κ1) is 19.3. The predicted octanol–water partition coefficient (Wildman–Crippen LogP) is 2.79. The molecule has 25 heavy (non-hydrogen) atoms. The molecule has 1 aliphatic rings. The number of piperazine rings is 1. The molecule has 0 radical (unpaired) electrons. The van der Waals surface area contributed by atoms with Gasteiger partial charge in [0.05, 0.1) is 0 Å². The van der Waals surface area contributed by atoms with Gasteiger partial charge in [-0.3, -0.25) is 4.79 Å². The Kier molecular flexibility index (Phi) is 7.29. The zero-order valence-electron chi connectivity index (χ0n) is 15.8. The van der Waals surface area contributed by atoms with Crippen LogP contribution < -0.4 is 0 Å². The van der Waals surface area contributed by atoms with E-state index < -0.39 is 0 Å². The molecule has 5 heteroatoms. The summed E-state index contributed by atoms with van der Waals surface area (Å²) in [6.07, 6.45) is 2.35. The van der Waals surface area contributed by atoms with Crippen molar-refractivity contribution in [1.29, 1.82) is 0 Å². The lowest BCUT2D eigenvalue weighted by atomic mass is 10.1. The Morgan fingerprint density at radius 1 is 0.880 bits per heavy atom.